The number of rotatable bonds is 0. The highest BCUT2D eigenvalue weighted by atomic mass is 16.5. The Morgan fingerprint density at radius 1 is 1.23 bits per heavy atom. The van der Waals surface area contributed by atoms with E-state index in [0.29, 0.717) is 11.3 Å². The zero-order chi connectivity index (χ0) is 9.42. The quantitative estimate of drug-likeness (QED) is 0.336. The van der Waals surface area contributed by atoms with Gasteiger partial charge in [0.05, 0.1) is 0 Å². The van der Waals surface area contributed by atoms with Gasteiger partial charge < -0.3 is 16.2 Å². The monoisotopic (exact) mass is 176 g/mol. The van der Waals surface area contributed by atoms with Crippen LogP contribution in [-0.2, 0) is 4.79 Å². The van der Waals surface area contributed by atoms with E-state index in [1.165, 1.54) is 0 Å². The summed E-state index contributed by atoms with van der Waals surface area (Å²) < 4.78 is 4.92. The minimum absolute atomic E-state index is 0.00468. The maximum Gasteiger partial charge on any atom is 0.347 e. The Labute approximate surface area is 74.8 Å². The second-order valence-corrected chi connectivity index (χ2v) is 2.72. The van der Waals surface area contributed by atoms with Crippen molar-refractivity contribution in [2.75, 3.05) is 0 Å². The number of esters is 1. The smallest absolute Gasteiger partial charge is 0.347 e. The molecule has 0 aromatic heterocycles. The van der Waals surface area contributed by atoms with Crippen LogP contribution in [-0.4, -0.2) is 5.97 Å². The molecule has 0 bridgehead atoms. The standard InChI is InChI=1S/C9H8N2O2/c10-8(11)7-5-3-1-2-4-6(5)13-9(7)12/h1-4H,10-11H2. The molecule has 0 aliphatic carbocycles. The molecule has 1 heterocycles. The second kappa shape index (κ2) is 2.52. The van der Waals surface area contributed by atoms with E-state index in [-0.39, 0.29) is 11.4 Å². The average molecular weight is 176 g/mol. The van der Waals surface area contributed by atoms with Gasteiger partial charge in [0.2, 0.25) is 0 Å². The van der Waals surface area contributed by atoms with Gasteiger partial charge in [-0.3, -0.25) is 0 Å². The fourth-order valence-electron chi connectivity index (χ4n) is 1.30. The first-order chi connectivity index (χ1) is 6.20. The van der Waals surface area contributed by atoms with Crippen molar-refractivity contribution in [3.8, 4) is 5.75 Å². The minimum Gasteiger partial charge on any atom is -0.422 e. The van der Waals surface area contributed by atoms with E-state index in [2.05, 4.69) is 0 Å². The van der Waals surface area contributed by atoms with Gasteiger partial charge in [-0.15, -0.1) is 0 Å². The van der Waals surface area contributed by atoms with Gasteiger partial charge in [0, 0.05) is 5.56 Å². The predicted octanol–water partition coefficient (Wildman–Crippen LogP) is 0.192. The molecule has 0 amide bonds. The summed E-state index contributed by atoms with van der Waals surface area (Å²) in [6.07, 6.45) is 0. The average Bonchev–Trinajstić information content (AvgIpc) is 2.39. The van der Waals surface area contributed by atoms with Crippen LogP contribution < -0.4 is 16.2 Å². The van der Waals surface area contributed by atoms with Gasteiger partial charge in [-0.2, -0.15) is 0 Å². The Hall–Kier alpha value is -1.97. The maximum absolute atomic E-state index is 11.2. The van der Waals surface area contributed by atoms with Crippen molar-refractivity contribution < 1.29 is 9.53 Å². The molecule has 4 nitrogen and oxygen atoms in total. The van der Waals surface area contributed by atoms with Crippen molar-refractivity contribution in [1.29, 1.82) is 0 Å². The topological polar surface area (TPSA) is 78.3 Å². The van der Waals surface area contributed by atoms with Crippen molar-refractivity contribution in [2.45, 2.75) is 0 Å². The Morgan fingerprint density at radius 3 is 2.62 bits per heavy atom. The number of hydrogen-bond acceptors (Lipinski definition) is 4. The molecule has 1 aliphatic rings. The van der Waals surface area contributed by atoms with Gasteiger partial charge >= 0.3 is 5.97 Å². The van der Waals surface area contributed by atoms with Gasteiger partial charge in [0.25, 0.3) is 0 Å². The van der Waals surface area contributed by atoms with Crippen molar-refractivity contribution in [3.05, 3.63) is 35.6 Å². The SMILES string of the molecule is NC(N)=C1C(=O)Oc2ccccc21. The van der Waals surface area contributed by atoms with Gasteiger partial charge in [-0.05, 0) is 6.07 Å². The molecule has 0 saturated heterocycles. The normalized spacial score (nSPS) is 13.8. The van der Waals surface area contributed by atoms with Crippen LogP contribution in [0.25, 0.3) is 5.57 Å². The Morgan fingerprint density at radius 2 is 1.92 bits per heavy atom. The third-order valence-electron chi connectivity index (χ3n) is 1.85. The number of carbonyl (C=O) groups excluding carboxylic acids is 1. The van der Waals surface area contributed by atoms with Crippen LogP contribution in [0, 0.1) is 0 Å². The molecule has 4 N–H and O–H groups in total. The van der Waals surface area contributed by atoms with Gasteiger partial charge in [-0.1, -0.05) is 18.2 Å². The lowest BCUT2D eigenvalue weighted by Crippen LogP contribution is -2.15. The second-order valence-electron chi connectivity index (χ2n) is 2.72. The Balaban J connectivity index is 2.67. The highest BCUT2D eigenvalue weighted by molar-refractivity contribution is 6.22. The molecule has 4 heteroatoms. The van der Waals surface area contributed by atoms with Crippen LogP contribution in [0.2, 0.25) is 0 Å². The number of ether oxygens (including phenoxy) is 1. The molecule has 1 aromatic rings. The number of benzene rings is 1. The van der Waals surface area contributed by atoms with Crippen LogP contribution in [0.5, 0.6) is 5.75 Å². The van der Waals surface area contributed by atoms with Crippen LogP contribution in [0.4, 0.5) is 0 Å². The van der Waals surface area contributed by atoms with Gasteiger partial charge in [0.1, 0.15) is 17.1 Å². The van der Waals surface area contributed by atoms with E-state index in [1.807, 2.05) is 0 Å². The third-order valence-corrected chi connectivity index (χ3v) is 1.85. The van der Waals surface area contributed by atoms with Crippen molar-refractivity contribution >= 4 is 11.5 Å². The first-order valence-electron chi connectivity index (χ1n) is 3.77. The van der Waals surface area contributed by atoms with Crippen LogP contribution in [0.15, 0.2) is 30.1 Å². The zero-order valence-electron chi connectivity index (χ0n) is 6.78. The lowest BCUT2D eigenvalue weighted by molar-refractivity contribution is -0.127. The first kappa shape index (κ1) is 7.67. The zero-order valence-corrected chi connectivity index (χ0v) is 6.78. The fourth-order valence-corrected chi connectivity index (χ4v) is 1.30. The molecular formula is C9H8N2O2. The van der Waals surface area contributed by atoms with Gasteiger partial charge in [0.15, 0.2) is 0 Å². The highest BCUT2D eigenvalue weighted by Gasteiger charge is 2.28. The number of para-hydroxylation sites is 1. The maximum atomic E-state index is 11.2. The van der Waals surface area contributed by atoms with E-state index in [0.717, 1.165) is 0 Å². The van der Waals surface area contributed by atoms with E-state index in [9.17, 15) is 4.79 Å². The summed E-state index contributed by atoms with van der Waals surface area (Å²) in [5, 5.41) is 0. The van der Waals surface area contributed by atoms with Crippen molar-refractivity contribution in [3.63, 3.8) is 0 Å². The molecule has 1 aromatic carbocycles. The first-order valence-corrected chi connectivity index (χ1v) is 3.77. The summed E-state index contributed by atoms with van der Waals surface area (Å²) in [6.45, 7) is 0. The van der Waals surface area contributed by atoms with E-state index in [1.54, 1.807) is 24.3 Å². The third kappa shape index (κ3) is 1.03. The molecule has 0 spiro atoms. The van der Waals surface area contributed by atoms with Crippen LogP contribution in [0.1, 0.15) is 5.56 Å². The van der Waals surface area contributed by atoms with E-state index in [4.69, 9.17) is 16.2 Å². The van der Waals surface area contributed by atoms with Gasteiger partial charge in [-0.25, -0.2) is 4.79 Å². The lowest BCUT2D eigenvalue weighted by Gasteiger charge is -1.95. The molecule has 2 rings (SSSR count). The number of fused-ring (bicyclic) bond motifs is 1. The summed E-state index contributed by atoms with van der Waals surface area (Å²) >= 11 is 0. The summed E-state index contributed by atoms with van der Waals surface area (Å²) in [5.74, 6) is 0.0204. The molecular weight excluding hydrogens is 168 g/mol. The highest BCUT2D eigenvalue weighted by Crippen LogP contribution is 2.33. The number of carbonyl (C=O) groups is 1. The largest absolute Gasteiger partial charge is 0.422 e. The summed E-state index contributed by atoms with van der Waals surface area (Å²) in [6, 6.07) is 7.02. The molecule has 0 atom stereocenters. The summed E-state index contributed by atoms with van der Waals surface area (Å²) in [4.78, 5) is 11.2. The molecule has 66 valence electrons. The predicted molar refractivity (Wildman–Crippen MR) is 47.4 cm³/mol. The Kier molecular flexibility index (Phi) is 1.48. The number of hydrogen-bond donors (Lipinski definition) is 2. The molecule has 0 radical (unpaired) electrons. The van der Waals surface area contributed by atoms with Crippen LogP contribution >= 0.6 is 0 Å². The molecule has 13 heavy (non-hydrogen) atoms. The Bertz CT molecular complexity index is 406. The molecule has 0 unspecified atom stereocenters. The summed E-state index contributed by atoms with van der Waals surface area (Å²) in [7, 11) is 0. The fraction of sp³-hybridized carbons (Fsp3) is 0. The number of nitrogens with two attached hydrogens (primary N) is 2. The molecule has 0 fully saturated rings. The van der Waals surface area contributed by atoms with Crippen molar-refractivity contribution in [2.24, 2.45) is 11.5 Å². The summed E-state index contributed by atoms with van der Waals surface area (Å²) in [5.41, 5.74) is 11.6. The lowest BCUT2D eigenvalue weighted by atomic mass is 10.1. The van der Waals surface area contributed by atoms with E-state index < -0.39 is 5.97 Å². The minimum atomic E-state index is -0.485. The van der Waals surface area contributed by atoms with Crippen molar-refractivity contribution in [1.82, 2.24) is 0 Å². The molecule has 0 saturated carbocycles. The molecule has 1 aliphatic heterocycles. The van der Waals surface area contributed by atoms with Crippen LogP contribution in [0.3, 0.4) is 0 Å². The van der Waals surface area contributed by atoms with E-state index >= 15 is 0 Å².